The van der Waals surface area contributed by atoms with Crippen molar-refractivity contribution >= 4 is 39.5 Å². The number of aromatic amines is 1. The molecule has 0 atom stereocenters. The number of H-pyrrole nitrogens is 1. The molecule has 0 saturated heterocycles. The number of halogens is 1. The summed E-state index contributed by atoms with van der Waals surface area (Å²) in [5.74, 6) is 1.04. The Kier molecular flexibility index (Phi) is 5.76. The normalized spacial score (nSPS) is 11.2. The fourth-order valence-electron chi connectivity index (χ4n) is 4.05. The summed E-state index contributed by atoms with van der Waals surface area (Å²) in [6.45, 7) is 1.74. The van der Waals surface area contributed by atoms with Crippen molar-refractivity contribution in [2.75, 3.05) is 12.8 Å². The molecule has 10 heteroatoms. The number of methoxy groups -OCH3 is 1. The van der Waals surface area contributed by atoms with Gasteiger partial charge in [-0.25, -0.2) is 15.0 Å². The number of benzene rings is 2. The van der Waals surface area contributed by atoms with Gasteiger partial charge in [0, 0.05) is 34.8 Å². The Hall–Kier alpha value is -4.13. The van der Waals surface area contributed by atoms with Gasteiger partial charge in [-0.3, -0.25) is 0 Å². The Labute approximate surface area is 200 Å². The van der Waals surface area contributed by atoms with Crippen LogP contribution < -0.4 is 15.8 Å². The van der Waals surface area contributed by atoms with Gasteiger partial charge in [0.05, 0.1) is 37.1 Å². The molecule has 0 aliphatic rings. The Balaban J connectivity index is 1.37. The second-order valence-corrected chi connectivity index (χ2v) is 8.31. The predicted octanol–water partition coefficient (Wildman–Crippen LogP) is 3.76. The van der Waals surface area contributed by atoms with Crippen LogP contribution in [0.1, 0.15) is 22.4 Å². The van der Waals surface area contributed by atoms with Gasteiger partial charge in [0.1, 0.15) is 17.6 Å². The van der Waals surface area contributed by atoms with Crippen molar-refractivity contribution < 1.29 is 4.74 Å². The molecule has 0 fully saturated rings. The minimum absolute atomic E-state index is 0.354. The van der Waals surface area contributed by atoms with Gasteiger partial charge >= 0.3 is 0 Å². The van der Waals surface area contributed by atoms with E-state index in [0.717, 1.165) is 27.7 Å². The standard InChI is InChI=1S/C24H21ClN8O/c1-34-20-4-14(8-26)2-3-15(20)9-28-10-19-7-16-5-18(25)6-17(21(16)32-19)11-33-13-31-22-23(27)29-12-30-24(22)33/h2-7,12-13,28,32H,9-11H2,1H3,(H2,27,29,30). The molecule has 0 unspecified atom stereocenters. The van der Waals surface area contributed by atoms with Gasteiger partial charge in [0.15, 0.2) is 11.5 Å². The molecule has 0 bridgehead atoms. The highest BCUT2D eigenvalue weighted by Gasteiger charge is 2.13. The number of hydrogen-bond acceptors (Lipinski definition) is 7. The van der Waals surface area contributed by atoms with Crippen molar-refractivity contribution in [2.45, 2.75) is 19.6 Å². The molecule has 2 aromatic carbocycles. The van der Waals surface area contributed by atoms with Crippen LogP contribution in [0.3, 0.4) is 0 Å². The molecular weight excluding hydrogens is 452 g/mol. The summed E-state index contributed by atoms with van der Waals surface area (Å²) in [6, 6.07) is 13.5. The van der Waals surface area contributed by atoms with Crippen LogP contribution in [0.15, 0.2) is 49.1 Å². The molecule has 5 aromatic rings. The summed E-state index contributed by atoms with van der Waals surface area (Å²) in [7, 11) is 1.60. The van der Waals surface area contributed by atoms with E-state index in [2.05, 4.69) is 37.4 Å². The molecule has 4 N–H and O–H groups in total. The quantitative estimate of drug-likeness (QED) is 0.328. The third-order valence-corrected chi connectivity index (χ3v) is 5.87. The summed E-state index contributed by atoms with van der Waals surface area (Å²) >= 11 is 6.42. The monoisotopic (exact) mass is 472 g/mol. The molecule has 0 radical (unpaired) electrons. The first kappa shape index (κ1) is 21.7. The fourth-order valence-corrected chi connectivity index (χ4v) is 4.30. The largest absolute Gasteiger partial charge is 0.496 e. The van der Waals surface area contributed by atoms with E-state index >= 15 is 0 Å². The number of anilines is 1. The van der Waals surface area contributed by atoms with Gasteiger partial charge in [-0.05, 0) is 35.9 Å². The second-order valence-electron chi connectivity index (χ2n) is 7.87. The van der Waals surface area contributed by atoms with Crippen molar-refractivity contribution in [1.29, 1.82) is 5.26 Å². The van der Waals surface area contributed by atoms with Gasteiger partial charge < -0.3 is 25.3 Å². The lowest BCUT2D eigenvalue weighted by molar-refractivity contribution is 0.407. The van der Waals surface area contributed by atoms with E-state index in [4.69, 9.17) is 27.3 Å². The van der Waals surface area contributed by atoms with Crippen LogP contribution >= 0.6 is 11.6 Å². The zero-order valence-corrected chi connectivity index (χ0v) is 19.1. The van der Waals surface area contributed by atoms with Crippen LogP contribution in [0.4, 0.5) is 5.82 Å². The maximum absolute atomic E-state index is 9.08. The summed E-state index contributed by atoms with van der Waals surface area (Å²) in [5.41, 5.74) is 11.8. The van der Waals surface area contributed by atoms with E-state index in [1.807, 2.05) is 22.8 Å². The minimum Gasteiger partial charge on any atom is -0.496 e. The summed E-state index contributed by atoms with van der Waals surface area (Å²) in [5, 5.41) is 14.2. The highest BCUT2D eigenvalue weighted by atomic mass is 35.5. The number of nitrogens with one attached hydrogen (secondary N) is 2. The molecule has 0 amide bonds. The van der Waals surface area contributed by atoms with E-state index in [0.29, 0.717) is 53.0 Å². The number of fused-ring (bicyclic) bond motifs is 2. The molecule has 0 spiro atoms. The smallest absolute Gasteiger partial charge is 0.165 e. The van der Waals surface area contributed by atoms with Crippen LogP contribution in [0, 0.1) is 11.3 Å². The van der Waals surface area contributed by atoms with Crippen LogP contribution in [0.25, 0.3) is 22.1 Å². The molecule has 0 aliphatic heterocycles. The number of rotatable bonds is 7. The molecule has 5 rings (SSSR count). The van der Waals surface area contributed by atoms with Gasteiger partial charge in [0.2, 0.25) is 0 Å². The van der Waals surface area contributed by atoms with E-state index in [9.17, 15) is 0 Å². The van der Waals surface area contributed by atoms with E-state index in [-0.39, 0.29) is 0 Å². The zero-order valence-electron chi connectivity index (χ0n) is 18.3. The van der Waals surface area contributed by atoms with Crippen molar-refractivity contribution in [1.82, 2.24) is 29.8 Å². The number of nitriles is 1. The fraction of sp³-hybridized carbons (Fsp3) is 0.167. The molecule has 3 aromatic heterocycles. The maximum Gasteiger partial charge on any atom is 0.165 e. The van der Waals surface area contributed by atoms with Crippen LogP contribution in [-0.4, -0.2) is 31.6 Å². The Morgan fingerprint density at radius 2 is 2.03 bits per heavy atom. The Morgan fingerprint density at radius 1 is 1.15 bits per heavy atom. The van der Waals surface area contributed by atoms with Gasteiger partial charge in [0.25, 0.3) is 0 Å². The average Bonchev–Trinajstić information content (AvgIpc) is 3.44. The highest BCUT2D eigenvalue weighted by molar-refractivity contribution is 6.31. The Morgan fingerprint density at radius 3 is 2.85 bits per heavy atom. The number of aromatic nitrogens is 5. The number of imidazole rings is 1. The lowest BCUT2D eigenvalue weighted by Gasteiger charge is -2.09. The van der Waals surface area contributed by atoms with Gasteiger partial charge in [-0.15, -0.1) is 0 Å². The number of nitrogens with two attached hydrogens (primary N) is 1. The summed E-state index contributed by atoms with van der Waals surface area (Å²) in [4.78, 5) is 16.2. The number of ether oxygens (including phenoxy) is 1. The lowest BCUT2D eigenvalue weighted by atomic mass is 10.1. The zero-order chi connectivity index (χ0) is 23.7. The van der Waals surface area contributed by atoms with Crippen molar-refractivity contribution in [3.8, 4) is 11.8 Å². The molecule has 34 heavy (non-hydrogen) atoms. The second kappa shape index (κ2) is 9.02. The summed E-state index contributed by atoms with van der Waals surface area (Å²) < 4.78 is 7.34. The molecule has 170 valence electrons. The number of nitrogen functional groups attached to an aromatic ring is 1. The lowest BCUT2D eigenvalue weighted by Crippen LogP contribution is -2.13. The summed E-state index contributed by atoms with van der Waals surface area (Å²) in [6.07, 6.45) is 3.14. The van der Waals surface area contributed by atoms with Crippen molar-refractivity contribution in [2.24, 2.45) is 0 Å². The van der Waals surface area contributed by atoms with Gasteiger partial charge in [-0.2, -0.15) is 5.26 Å². The SMILES string of the molecule is COc1cc(C#N)ccc1CNCc1cc2cc(Cl)cc(Cn3cnc4c(N)ncnc43)c2[nH]1. The third kappa shape index (κ3) is 4.12. The first-order chi connectivity index (χ1) is 16.6. The molecular formula is C24H21ClN8O. The Bertz CT molecular complexity index is 1550. The van der Waals surface area contributed by atoms with Crippen LogP contribution in [0.2, 0.25) is 5.02 Å². The molecule has 9 nitrogen and oxygen atoms in total. The molecule has 0 saturated carbocycles. The minimum atomic E-state index is 0.354. The van der Waals surface area contributed by atoms with Crippen molar-refractivity contribution in [3.63, 3.8) is 0 Å². The maximum atomic E-state index is 9.08. The first-order valence-electron chi connectivity index (χ1n) is 10.5. The number of hydrogen-bond donors (Lipinski definition) is 3. The van der Waals surface area contributed by atoms with Crippen LogP contribution in [-0.2, 0) is 19.6 Å². The van der Waals surface area contributed by atoms with E-state index < -0.39 is 0 Å². The van der Waals surface area contributed by atoms with E-state index in [1.54, 1.807) is 25.6 Å². The predicted molar refractivity (Wildman–Crippen MR) is 130 cm³/mol. The first-order valence-corrected chi connectivity index (χ1v) is 10.9. The van der Waals surface area contributed by atoms with Gasteiger partial charge in [-0.1, -0.05) is 17.7 Å². The van der Waals surface area contributed by atoms with Crippen molar-refractivity contribution in [3.05, 3.63) is 76.5 Å². The molecule has 0 aliphatic carbocycles. The average molecular weight is 473 g/mol. The molecule has 3 heterocycles. The topological polar surface area (TPSA) is 130 Å². The number of nitrogens with zero attached hydrogens (tertiary/aromatic N) is 5. The van der Waals surface area contributed by atoms with Crippen LogP contribution in [0.5, 0.6) is 5.75 Å². The van der Waals surface area contributed by atoms with E-state index in [1.165, 1.54) is 6.33 Å². The highest BCUT2D eigenvalue weighted by Crippen LogP contribution is 2.27. The third-order valence-electron chi connectivity index (χ3n) is 5.65.